The zero-order valence-corrected chi connectivity index (χ0v) is 4.85. The van der Waals surface area contributed by atoms with E-state index in [0.29, 0.717) is 0 Å². The van der Waals surface area contributed by atoms with Crippen molar-refractivity contribution < 1.29 is 5.11 Å². The Balaban J connectivity index is 2.89. The lowest BCUT2D eigenvalue weighted by Gasteiger charge is -1.96. The summed E-state index contributed by atoms with van der Waals surface area (Å²) in [5, 5.41) is 9.98. The molecule has 8 heavy (non-hydrogen) atoms. The minimum atomic E-state index is -0.486. The number of hydrogen-bond donors (Lipinski definition) is 0. The van der Waals surface area contributed by atoms with Gasteiger partial charge in [0.15, 0.2) is 0 Å². The number of halogens is 1. The van der Waals surface area contributed by atoms with Crippen molar-refractivity contribution in [2.75, 3.05) is 0 Å². The fourth-order valence-corrected chi connectivity index (χ4v) is 0.597. The zero-order chi connectivity index (χ0) is 5.98. The average molecular weight is 128 g/mol. The number of rotatable bonds is 0. The Hall–Kier alpha value is -0.650. The van der Waals surface area contributed by atoms with Crippen LogP contribution in [-0.4, -0.2) is 5.38 Å². The third kappa shape index (κ3) is 0.945. The molecule has 1 atom stereocenters. The first kappa shape index (κ1) is 5.49. The van der Waals surface area contributed by atoms with Gasteiger partial charge in [-0.25, -0.2) is 0 Å². The van der Waals surface area contributed by atoms with Gasteiger partial charge in [0, 0.05) is 0 Å². The Morgan fingerprint density at radius 2 is 2.50 bits per heavy atom. The van der Waals surface area contributed by atoms with Crippen LogP contribution >= 0.6 is 11.6 Å². The maximum absolute atomic E-state index is 10.5. The summed E-state index contributed by atoms with van der Waals surface area (Å²) in [6.45, 7) is 0. The second-order valence-electron chi connectivity index (χ2n) is 1.46. The fraction of sp³-hybridized carbons (Fsp3) is 0.167. The van der Waals surface area contributed by atoms with Gasteiger partial charge in [-0.2, -0.15) is 0 Å². The van der Waals surface area contributed by atoms with Gasteiger partial charge < -0.3 is 0 Å². The van der Waals surface area contributed by atoms with E-state index in [4.69, 9.17) is 11.6 Å². The lowest BCUT2D eigenvalue weighted by molar-refractivity contribution is 0.292. The van der Waals surface area contributed by atoms with Gasteiger partial charge in [0.1, 0.15) is 5.38 Å². The molecule has 0 aromatic carbocycles. The van der Waals surface area contributed by atoms with Crippen molar-refractivity contribution in [2.24, 2.45) is 0 Å². The predicted octanol–water partition coefficient (Wildman–Crippen LogP) is 1.63. The summed E-state index contributed by atoms with van der Waals surface area (Å²) in [4.78, 5) is 0. The van der Waals surface area contributed by atoms with Gasteiger partial charge in [0.25, 0.3) is 0 Å². The quantitative estimate of drug-likeness (QED) is 0.348. The van der Waals surface area contributed by atoms with Crippen molar-refractivity contribution in [2.45, 2.75) is 5.38 Å². The highest BCUT2D eigenvalue weighted by Gasteiger charge is 2.07. The molecule has 1 aliphatic carbocycles. The molecule has 1 radical (unpaired) electrons. The van der Waals surface area contributed by atoms with E-state index in [9.17, 15) is 5.11 Å². The molecule has 0 amide bonds. The van der Waals surface area contributed by atoms with Crippen LogP contribution in [0.1, 0.15) is 0 Å². The SMILES string of the molecule is [O]C1=C=CC=CC1Cl. The van der Waals surface area contributed by atoms with E-state index in [1.165, 1.54) is 0 Å². The number of hydrogen-bond acceptors (Lipinski definition) is 0. The van der Waals surface area contributed by atoms with Crippen molar-refractivity contribution in [1.29, 1.82) is 0 Å². The van der Waals surface area contributed by atoms with E-state index in [0.717, 1.165) is 0 Å². The Bertz CT molecular complexity index is 175. The van der Waals surface area contributed by atoms with E-state index in [-0.39, 0.29) is 5.76 Å². The Morgan fingerprint density at radius 3 is 2.88 bits per heavy atom. The molecule has 0 N–H and O–H groups in total. The molecular formula is C6H4ClO. The summed E-state index contributed by atoms with van der Waals surface area (Å²) in [7, 11) is 0. The number of alkyl halides is 1. The van der Waals surface area contributed by atoms with Gasteiger partial charge in [-0.1, -0.05) is 17.9 Å². The van der Waals surface area contributed by atoms with Crippen LogP contribution < -0.4 is 0 Å². The van der Waals surface area contributed by atoms with Gasteiger partial charge in [-0.05, 0) is 6.08 Å². The molecule has 1 unspecified atom stereocenters. The van der Waals surface area contributed by atoms with E-state index in [1.807, 2.05) is 0 Å². The molecule has 0 fully saturated rings. The summed E-state index contributed by atoms with van der Waals surface area (Å²) in [6.07, 6.45) is 4.89. The first-order valence-electron chi connectivity index (χ1n) is 2.25. The summed E-state index contributed by atoms with van der Waals surface area (Å²) >= 11 is 5.45. The van der Waals surface area contributed by atoms with Gasteiger partial charge in [0.2, 0.25) is 5.76 Å². The standard InChI is InChI=1S/C6H4ClO/c7-5-3-1-2-4-6(5)8/h1-3,5H. The van der Waals surface area contributed by atoms with Crippen LogP contribution in [0, 0.1) is 0 Å². The van der Waals surface area contributed by atoms with Crippen LogP contribution in [0.15, 0.2) is 29.7 Å². The van der Waals surface area contributed by atoms with Crippen LogP contribution in [0.5, 0.6) is 0 Å². The Morgan fingerprint density at radius 1 is 1.75 bits per heavy atom. The minimum absolute atomic E-state index is 0.158. The summed E-state index contributed by atoms with van der Waals surface area (Å²) < 4.78 is 0. The summed E-state index contributed by atoms with van der Waals surface area (Å²) in [5.74, 6) is -0.158. The molecule has 0 aromatic heterocycles. The van der Waals surface area contributed by atoms with Crippen LogP contribution in [0.2, 0.25) is 0 Å². The van der Waals surface area contributed by atoms with Crippen LogP contribution in [0.25, 0.3) is 0 Å². The maximum atomic E-state index is 10.5. The molecule has 1 rings (SSSR count). The predicted molar refractivity (Wildman–Crippen MR) is 31.1 cm³/mol. The molecule has 1 aliphatic rings. The lowest BCUT2D eigenvalue weighted by Crippen LogP contribution is -1.96. The highest BCUT2D eigenvalue weighted by molar-refractivity contribution is 6.23. The van der Waals surface area contributed by atoms with E-state index in [2.05, 4.69) is 5.73 Å². The Labute approximate surface area is 52.6 Å². The highest BCUT2D eigenvalue weighted by Crippen LogP contribution is 2.10. The van der Waals surface area contributed by atoms with Gasteiger partial charge in [-0.15, -0.1) is 11.6 Å². The highest BCUT2D eigenvalue weighted by atomic mass is 35.5. The van der Waals surface area contributed by atoms with Crippen LogP contribution in [0.4, 0.5) is 0 Å². The first-order chi connectivity index (χ1) is 3.80. The lowest BCUT2D eigenvalue weighted by atomic mass is 10.2. The molecule has 0 aliphatic heterocycles. The third-order valence-corrected chi connectivity index (χ3v) is 1.20. The fourth-order valence-electron chi connectivity index (χ4n) is 0.450. The first-order valence-corrected chi connectivity index (χ1v) is 2.69. The van der Waals surface area contributed by atoms with Crippen LogP contribution in [0.3, 0.4) is 0 Å². The molecule has 0 aromatic rings. The zero-order valence-electron chi connectivity index (χ0n) is 4.10. The molecule has 0 saturated heterocycles. The van der Waals surface area contributed by atoms with Crippen molar-refractivity contribution in [3.63, 3.8) is 0 Å². The molecule has 0 spiro atoms. The summed E-state index contributed by atoms with van der Waals surface area (Å²) in [6, 6.07) is 0. The number of allylic oxidation sites excluding steroid dienone is 2. The third-order valence-electron chi connectivity index (χ3n) is 0.852. The molecule has 0 saturated carbocycles. The average Bonchev–Trinajstić information content (AvgIpc) is 1.77. The van der Waals surface area contributed by atoms with E-state index in [1.54, 1.807) is 18.2 Å². The smallest absolute Gasteiger partial charge is 0.219 e. The maximum Gasteiger partial charge on any atom is 0.219 e. The molecular weight excluding hydrogens is 124 g/mol. The molecule has 2 heteroatoms. The topological polar surface area (TPSA) is 19.9 Å². The minimum Gasteiger partial charge on any atom is -0.284 e. The van der Waals surface area contributed by atoms with Gasteiger partial charge in [0.05, 0.1) is 0 Å². The van der Waals surface area contributed by atoms with Crippen LogP contribution in [-0.2, 0) is 5.11 Å². The van der Waals surface area contributed by atoms with Gasteiger partial charge >= 0.3 is 0 Å². The largest absolute Gasteiger partial charge is 0.284 e. The molecule has 1 nitrogen and oxygen atoms in total. The monoisotopic (exact) mass is 127 g/mol. The normalized spacial score (nSPS) is 25.6. The summed E-state index contributed by atoms with van der Waals surface area (Å²) in [5.41, 5.74) is 2.45. The second-order valence-corrected chi connectivity index (χ2v) is 1.93. The van der Waals surface area contributed by atoms with E-state index >= 15 is 0 Å². The van der Waals surface area contributed by atoms with Crippen molar-refractivity contribution in [3.8, 4) is 0 Å². The van der Waals surface area contributed by atoms with E-state index < -0.39 is 5.38 Å². The second kappa shape index (κ2) is 2.08. The molecule has 41 valence electrons. The van der Waals surface area contributed by atoms with Crippen molar-refractivity contribution in [3.05, 3.63) is 29.7 Å². The van der Waals surface area contributed by atoms with Gasteiger partial charge in [-0.3, -0.25) is 5.11 Å². The van der Waals surface area contributed by atoms with Crippen molar-refractivity contribution >= 4 is 11.6 Å². The molecule has 0 bridgehead atoms. The van der Waals surface area contributed by atoms with Crippen molar-refractivity contribution in [1.82, 2.24) is 0 Å². The molecule has 0 heterocycles. The Kier molecular flexibility index (Phi) is 1.43.